The van der Waals surface area contributed by atoms with Crippen LogP contribution in [-0.2, 0) is 6.54 Å². The summed E-state index contributed by atoms with van der Waals surface area (Å²) in [5.74, 6) is -0.906. The number of nitrogens with zero attached hydrogens (tertiary/aromatic N) is 1. The normalized spacial score (nSPS) is 12.1. The van der Waals surface area contributed by atoms with Crippen molar-refractivity contribution in [3.05, 3.63) is 88.7 Å². The van der Waals surface area contributed by atoms with Crippen LogP contribution in [0.2, 0.25) is 0 Å². The van der Waals surface area contributed by atoms with Gasteiger partial charge in [-0.1, -0.05) is 12.1 Å². The highest BCUT2D eigenvalue weighted by molar-refractivity contribution is 7.15. The van der Waals surface area contributed by atoms with E-state index in [1.807, 2.05) is 0 Å². The zero-order valence-corrected chi connectivity index (χ0v) is 17.8. The number of aromatic hydroxyl groups is 1. The van der Waals surface area contributed by atoms with Gasteiger partial charge in [-0.15, -0.1) is 11.3 Å². The summed E-state index contributed by atoms with van der Waals surface area (Å²) < 4.78 is 19.4. The quantitative estimate of drug-likeness (QED) is 0.400. The number of para-hydroxylation sites is 1. The van der Waals surface area contributed by atoms with Gasteiger partial charge in [-0.2, -0.15) is 0 Å². The predicted molar refractivity (Wildman–Crippen MR) is 121 cm³/mol. The fraction of sp³-hybridized carbons (Fsp3) is 0.0417. The van der Waals surface area contributed by atoms with Crippen molar-refractivity contribution in [2.24, 2.45) is 0 Å². The Labute approximate surface area is 191 Å². The Morgan fingerprint density at radius 2 is 1.97 bits per heavy atom. The zero-order valence-electron chi connectivity index (χ0n) is 17.0. The summed E-state index contributed by atoms with van der Waals surface area (Å²) in [5, 5.41) is 15.5. The maximum absolute atomic E-state index is 13.6. The van der Waals surface area contributed by atoms with E-state index in [0.29, 0.717) is 38.9 Å². The van der Waals surface area contributed by atoms with Crippen LogP contribution in [-0.4, -0.2) is 21.9 Å². The number of halogens is 1. The lowest BCUT2D eigenvalue weighted by Crippen LogP contribution is -2.22. The Hall–Kier alpha value is -4.24. The van der Waals surface area contributed by atoms with E-state index in [4.69, 9.17) is 4.74 Å². The van der Waals surface area contributed by atoms with Gasteiger partial charge >= 0.3 is 0 Å². The van der Waals surface area contributed by atoms with Gasteiger partial charge < -0.3 is 20.5 Å². The molecule has 0 saturated carbocycles. The summed E-state index contributed by atoms with van der Waals surface area (Å²) in [6, 6.07) is 15.8. The molecule has 164 valence electrons. The minimum Gasteiger partial charge on any atom is -0.505 e. The number of carbonyl (C=O) groups is 2. The van der Waals surface area contributed by atoms with E-state index in [0.717, 1.165) is 4.88 Å². The molecule has 9 heteroatoms. The predicted octanol–water partition coefficient (Wildman–Crippen LogP) is 4.94. The second-order valence-corrected chi connectivity index (χ2v) is 8.36. The minimum absolute atomic E-state index is 0.225. The van der Waals surface area contributed by atoms with Crippen molar-refractivity contribution in [2.75, 3.05) is 5.32 Å². The topological polar surface area (TPSA) is 101 Å². The van der Waals surface area contributed by atoms with Crippen LogP contribution < -0.4 is 15.4 Å². The first kappa shape index (κ1) is 20.7. The highest BCUT2D eigenvalue weighted by Crippen LogP contribution is 2.36. The molecule has 1 aromatic heterocycles. The van der Waals surface area contributed by atoms with Crippen LogP contribution in [0.5, 0.6) is 17.2 Å². The molecular formula is C24H16FN3O4S. The van der Waals surface area contributed by atoms with E-state index in [9.17, 15) is 19.1 Å². The molecule has 2 heterocycles. The van der Waals surface area contributed by atoms with Crippen molar-refractivity contribution in [2.45, 2.75) is 6.54 Å². The largest absolute Gasteiger partial charge is 0.505 e. The SMILES string of the molecule is O=C(NCc1cnc(-c2ccc(O)c(F)c2)s1)c1ccc2c(c1)NC(=O)c1ccccc1O2. The van der Waals surface area contributed by atoms with Gasteiger partial charge in [0.1, 0.15) is 10.8 Å². The fourth-order valence-electron chi connectivity index (χ4n) is 3.34. The molecule has 0 spiro atoms. The van der Waals surface area contributed by atoms with Gasteiger partial charge in [0.15, 0.2) is 17.3 Å². The van der Waals surface area contributed by atoms with Crippen molar-refractivity contribution in [1.29, 1.82) is 0 Å². The van der Waals surface area contributed by atoms with E-state index in [1.54, 1.807) is 54.7 Å². The smallest absolute Gasteiger partial charge is 0.259 e. The molecule has 5 rings (SSSR count). The summed E-state index contributed by atoms with van der Waals surface area (Å²) >= 11 is 1.31. The summed E-state index contributed by atoms with van der Waals surface area (Å²) in [6.45, 7) is 0.225. The summed E-state index contributed by atoms with van der Waals surface area (Å²) in [4.78, 5) is 30.2. The van der Waals surface area contributed by atoms with Crippen LogP contribution in [0.1, 0.15) is 25.6 Å². The number of phenolic OH excluding ortho intramolecular Hbond substituents is 1. The number of hydrogen-bond acceptors (Lipinski definition) is 6. The Balaban J connectivity index is 1.29. The Morgan fingerprint density at radius 3 is 2.82 bits per heavy atom. The van der Waals surface area contributed by atoms with Crippen LogP contribution in [0.25, 0.3) is 10.6 Å². The number of ether oxygens (including phenoxy) is 1. The van der Waals surface area contributed by atoms with E-state index in [-0.39, 0.29) is 18.4 Å². The monoisotopic (exact) mass is 461 g/mol. The molecule has 4 aromatic rings. The third kappa shape index (κ3) is 4.13. The standard InChI is InChI=1S/C24H16FN3O4S/c25-17-9-14(5-7-19(17)29)24-27-12-15(33-24)11-26-22(30)13-6-8-21-18(10-13)28-23(31)16-3-1-2-4-20(16)32-21/h1-10,12,29H,11H2,(H,26,30)(H,28,31). The van der Waals surface area contributed by atoms with Gasteiger partial charge in [0.2, 0.25) is 0 Å². The number of aromatic nitrogens is 1. The molecule has 0 atom stereocenters. The number of thiazole rings is 1. The number of rotatable bonds is 4. The van der Waals surface area contributed by atoms with Crippen molar-refractivity contribution in [3.63, 3.8) is 0 Å². The lowest BCUT2D eigenvalue weighted by molar-refractivity contribution is 0.0950. The number of nitrogens with one attached hydrogen (secondary N) is 2. The Kier molecular flexibility index (Phi) is 5.23. The van der Waals surface area contributed by atoms with E-state index in [1.165, 1.54) is 23.5 Å². The number of carbonyl (C=O) groups excluding carboxylic acids is 2. The van der Waals surface area contributed by atoms with Crippen molar-refractivity contribution in [1.82, 2.24) is 10.3 Å². The minimum atomic E-state index is -0.722. The third-order valence-electron chi connectivity index (χ3n) is 5.01. The summed E-state index contributed by atoms with van der Waals surface area (Å²) in [6.07, 6.45) is 1.60. The third-order valence-corrected chi connectivity index (χ3v) is 6.06. The average molecular weight is 461 g/mol. The van der Waals surface area contributed by atoms with Crippen LogP contribution >= 0.6 is 11.3 Å². The molecule has 3 N–H and O–H groups in total. The summed E-state index contributed by atoms with van der Waals surface area (Å²) in [7, 11) is 0. The molecular weight excluding hydrogens is 445 g/mol. The second-order valence-electron chi connectivity index (χ2n) is 7.24. The first-order valence-electron chi connectivity index (χ1n) is 9.92. The summed E-state index contributed by atoms with van der Waals surface area (Å²) in [5.41, 5.74) is 1.71. The van der Waals surface area contributed by atoms with Gasteiger partial charge in [-0.05, 0) is 48.5 Å². The zero-order chi connectivity index (χ0) is 22.9. The Bertz CT molecular complexity index is 1400. The second kappa shape index (κ2) is 8.36. The first-order valence-corrected chi connectivity index (χ1v) is 10.7. The molecule has 1 aliphatic heterocycles. The maximum atomic E-state index is 13.6. The number of amides is 2. The molecule has 0 aliphatic carbocycles. The van der Waals surface area contributed by atoms with Crippen molar-refractivity contribution < 1.29 is 23.8 Å². The van der Waals surface area contributed by atoms with Gasteiger partial charge in [0.25, 0.3) is 11.8 Å². The first-order chi connectivity index (χ1) is 16.0. The van der Waals surface area contributed by atoms with Crippen molar-refractivity contribution >= 4 is 28.8 Å². The highest BCUT2D eigenvalue weighted by atomic mass is 32.1. The van der Waals surface area contributed by atoms with Gasteiger partial charge in [-0.25, -0.2) is 9.37 Å². The van der Waals surface area contributed by atoms with Crippen LogP contribution in [0.3, 0.4) is 0 Å². The molecule has 0 radical (unpaired) electrons. The molecule has 0 unspecified atom stereocenters. The number of hydrogen-bond donors (Lipinski definition) is 3. The van der Waals surface area contributed by atoms with Gasteiger partial charge in [-0.3, -0.25) is 9.59 Å². The number of phenols is 1. The molecule has 0 fully saturated rings. The van der Waals surface area contributed by atoms with E-state index in [2.05, 4.69) is 15.6 Å². The average Bonchev–Trinajstić information content (AvgIpc) is 3.24. The molecule has 1 aliphatic rings. The van der Waals surface area contributed by atoms with Gasteiger partial charge in [0, 0.05) is 22.2 Å². The van der Waals surface area contributed by atoms with Crippen LogP contribution in [0.15, 0.2) is 66.9 Å². The lowest BCUT2D eigenvalue weighted by Gasteiger charge is -2.10. The number of fused-ring (bicyclic) bond motifs is 2. The number of anilines is 1. The molecule has 0 saturated heterocycles. The molecule has 0 bridgehead atoms. The van der Waals surface area contributed by atoms with Crippen LogP contribution in [0, 0.1) is 5.82 Å². The molecule has 33 heavy (non-hydrogen) atoms. The molecule has 3 aromatic carbocycles. The lowest BCUT2D eigenvalue weighted by atomic mass is 10.1. The molecule has 2 amide bonds. The van der Waals surface area contributed by atoms with E-state index >= 15 is 0 Å². The number of benzene rings is 3. The van der Waals surface area contributed by atoms with E-state index < -0.39 is 11.6 Å². The fourth-order valence-corrected chi connectivity index (χ4v) is 4.19. The Morgan fingerprint density at radius 1 is 1.12 bits per heavy atom. The molecule has 7 nitrogen and oxygen atoms in total. The van der Waals surface area contributed by atoms with Gasteiger partial charge in [0.05, 0.1) is 17.8 Å². The highest BCUT2D eigenvalue weighted by Gasteiger charge is 2.21. The maximum Gasteiger partial charge on any atom is 0.259 e. The van der Waals surface area contributed by atoms with Crippen molar-refractivity contribution in [3.8, 4) is 27.8 Å². The van der Waals surface area contributed by atoms with Crippen LogP contribution in [0.4, 0.5) is 10.1 Å².